The van der Waals surface area contributed by atoms with Gasteiger partial charge in [-0.2, -0.15) is 0 Å². The van der Waals surface area contributed by atoms with Gasteiger partial charge in [-0.1, -0.05) is 37.3 Å². The molecular weight excluding hydrogens is 222 g/mol. The third-order valence-electron chi connectivity index (χ3n) is 4.27. The Hall–Kier alpha value is -0.860. The smallest absolute Gasteiger partial charge is 0.0541 e. The van der Waals surface area contributed by atoms with Gasteiger partial charge in [-0.05, 0) is 44.1 Å². The van der Waals surface area contributed by atoms with Crippen molar-refractivity contribution >= 4 is 0 Å². The number of benzene rings is 1. The lowest BCUT2D eigenvalue weighted by Gasteiger charge is -2.31. The van der Waals surface area contributed by atoms with E-state index >= 15 is 0 Å². The van der Waals surface area contributed by atoms with Crippen molar-refractivity contribution < 1.29 is 5.11 Å². The van der Waals surface area contributed by atoms with E-state index in [4.69, 9.17) is 0 Å². The van der Waals surface area contributed by atoms with Gasteiger partial charge in [0.05, 0.1) is 6.10 Å². The molecule has 0 aromatic heterocycles. The van der Waals surface area contributed by atoms with Gasteiger partial charge in [0.25, 0.3) is 0 Å². The summed E-state index contributed by atoms with van der Waals surface area (Å²) in [5.74, 6) is 0.526. The minimum atomic E-state index is -0.0649. The quantitative estimate of drug-likeness (QED) is 0.857. The molecule has 0 saturated heterocycles. The van der Waals surface area contributed by atoms with Crippen LogP contribution in [0.3, 0.4) is 0 Å². The van der Waals surface area contributed by atoms with Crippen LogP contribution in [0, 0.1) is 0 Å². The van der Waals surface area contributed by atoms with E-state index < -0.39 is 0 Å². The Labute approximate surface area is 110 Å². The number of hydrogen-bond donors (Lipinski definition) is 2. The molecule has 1 aromatic carbocycles. The van der Waals surface area contributed by atoms with Crippen LogP contribution in [-0.2, 0) is 0 Å². The van der Waals surface area contributed by atoms with Crippen LogP contribution in [0.4, 0.5) is 0 Å². The molecule has 2 atom stereocenters. The molecule has 2 rings (SSSR count). The minimum absolute atomic E-state index is 0.0649. The molecule has 0 radical (unpaired) electrons. The van der Waals surface area contributed by atoms with Crippen molar-refractivity contribution in [3.63, 3.8) is 0 Å². The molecule has 18 heavy (non-hydrogen) atoms. The molecule has 0 bridgehead atoms. The predicted octanol–water partition coefficient (Wildman–Crippen LogP) is 3.07. The normalized spacial score (nSPS) is 27.7. The first-order chi connectivity index (χ1) is 8.66. The number of hydrogen-bond acceptors (Lipinski definition) is 2. The van der Waals surface area contributed by atoms with Crippen LogP contribution in [0.2, 0.25) is 0 Å². The Morgan fingerprint density at radius 2 is 1.67 bits per heavy atom. The van der Waals surface area contributed by atoms with Crippen molar-refractivity contribution in [3.8, 4) is 0 Å². The third kappa shape index (κ3) is 3.56. The Bertz CT molecular complexity index is 343. The summed E-state index contributed by atoms with van der Waals surface area (Å²) in [6.07, 6.45) is 4.04. The molecule has 2 unspecified atom stereocenters. The standard InChI is InChI=1S/C16H25NO/c1-12(14-6-4-3-5-7-14)13(2)17-15-8-10-16(18)11-9-15/h3-7,12-13,15-18H,8-11H2,1-2H3. The first-order valence-electron chi connectivity index (χ1n) is 7.16. The van der Waals surface area contributed by atoms with Crippen molar-refractivity contribution in [2.24, 2.45) is 0 Å². The molecule has 2 N–H and O–H groups in total. The maximum absolute atomic E-state index is 9.52. The predicted molar refractivity (Wildman–Crippen MR) is 75.7 cm³/mol. The zero-order chi connectivity index (χ0) is 13.0. The van der Waals surface area contributed by atoms with Crippen molar-refractivity contribution in [3.05, 3.63) is 35.9 Å². The van der Waals surface area contributed by atoms with Crippen LogP contribution in [0.25, 0.3) is 0 Å². The molecule has 2 heteroatoms. The molecule has 100 valence electrons. The maximum Gasteiger partial charge on any atom is 0.0541 e. The highest BCUT2D eigenvalue weighted by atomic mass is 16.3. The van der Waals surface area contributed by atoms with Gasteiger partial charge in [0.2, 0.25) is 0 Å². The summed E-state index contributed by atoms with van der Waals surface area (Å²) >= 11 is 0. The SMILES string of the molecule is CC(NC1CCC(O)CC1)C(C)c1ccccc1. The fourth-order valence-corrected chi connectivity index (χ4v) is 2.80. The zero-order valence-corrected chi connectivity index (χ0v) is 11.5. The van der Waals surface area contributed by atoms with Gasteiger partial charge in [0.15, 0.2) is 0 Å². The molecule has 2 nitrogen and oxygen atoms in total. The maximum atomic E-state index is 9.52. The lowest BCUT2D eigenvalue weighted by Crippen LogP contribution is -2.42. The van der Waals surface area contributed by atoms with Gasteiger partial charge < -0.3 is 10.4 Å². The van der Waals surface area contributed by atoms with E-state index in [1.54, 1.807) is 0 Å². The van der Waals surface area contributed by atoms with Gasteiger partial charge in [-0.15, -0.1) is 0 Å². The Morgan fingerprint density at radius 3 is 2.28 bits per heavy atom. The van der Waals surface area contributed by atoms with Crippen molar-refractivity contribution in [1.29, 1.82) is 0 Å². The topological polar surface area (TPSA) is 32.3 Å². The summed E-state index contributed by atoms with van der Waals surface area (Å²) in [5.41, 5.74) is 1.40. The zero-order valence-electron chi connectivity index (χ0n) is 11.5. The highest BCUT2D eigenvalue weighted by Crippen LogP contribution is 2.23. The van der Waals surface area contributed by atoms with E-state index in [9.17, 15) is 5.11 Å². The van der Waals surface area contributed by atoms with Gasteiger partial charge in [-0.3, -0.25) is 0 Å². The van der Waals surface area contributed by atoms with Crippen LogP contribution in [0.15, 0.2) is 30.3 Å². The second-order valence-corrected chi connectivity index (χ2v) is 5.66. The molecule has 1 aliphatic carbocycles. The lowest BCUT2D eigenvalue weighted by atomic mass is 9.89. The van der Waals surface area contributed by atoms with E-state index in [0.29, 0.717) is 18.0 Å². The summed E-state index contributed by atoms with van der Waals surface area (Å²) < 4.78 is 0. The molecule has 0 aliphatic heterocycles. The molecule has 0 heterocycles. The molecule has 1 fully saturated rings. The first-order valence-corrected chi connectivity index (χ1v) is 7.16. The van der Waals surface area contributed by atoms with E-state index in [-0.39, 0.29) is 6.10 Å². The highest BCUT2D eigenvalue weighted by molar-refractivity contribution is 5.20. The summed E-state index contributed by atoms with van der Waals surface area (Å²) in [6.45, 7) is 4.55. The van der Waals surface area contributed by atoms with Crippen LogP contribution in [0.1, 0.15) is 51.0 Å². The largest absolute Gasteiger partial charge is 0.393 e. The summed E-state index contributed by atoms with van der Waals surface area (Å²) in [5, 5.41) is 13.2. The highest BCUT2D eigenvalue weighted by Gasteiger charge is 2.22. The molecule has 1 aliphatic rings. The van der Waals surface area contributed by atoms with Crippen molar-refractivity contribution in [2.75, 3.05) is 0 Å². The van der Waals surface area contributed by atoms with Gasteiger partial charge in [0, 0.05) is 12.1 Å². The van der Waals surface area contributed by atoms with Crippen LogP contribution < -0.4 is 5.32 Å². The second kappa shape index (κ2) is 6.35. The van der Waals surface area contributed by atoms with E-state index in [2.05, 4.69) is 49.5 Å². The number of nitrogens with one attached hydrogen (secondary N) is 1. The number of rotatable bonds is 4. The number of aliphatic hydroxyl groups excluding tert-OH is 1. The average Bonchev–Trinajstić information content (AvgIpc) is 2.41. The van der Waals surface area contributed by atoms with E-state index in [1.165, 1.54) is 5.56 Å². The second-order valence-electron chi connectivity index (χ2n) is 5.66. The fraction of sp³-hybridized carbons (Fsp3) is 0.625. The number of aliphatic hydroxyl groups is 1. The Kier molecular flexibility index (Phi) is 4.79. The summed E-state index contributed by atoms with van der Waals surface area (Å²) in [6, 6.07) is 11.7. The van der Waals surface area contributed by atoms with Crippen molar-refractivity contribution in [2.45, 2.75) is 63.6 Å². The first kappa shape index (κ1) is 13.6. The van der Waals surface area contributed by atoms with Gasteiger partial charge >= 0.3 is 0 Å². The van der Waals surface area contributed by atoms with Crippen LogP contribution in [0.5, 0.6) is 0 Å². The molecule has 1 aromatic rings. The molecule has 0 spiro atoms. The van der Waals surface area contributed by atoms with Crippen LogP contribution >= 0.6 is 0 Å². The van der Waals surface area contributed by atoms with E-state index in [1.807, 2.05) is 0 Å². The summed E-state index contributed by atoms with van der Waals surface area (Å²) in [7, 11) is 0. The molecule has 0 amide bonds. The Morgan fingerprint density at radius 1 is 1.06 bits per heavy atom. The average molecular weight is 247 g/mol. The summed E-state index contributed by atoms with van der Waals surface area (Å²) in [4.78, 5) is 0. The lowest BCUT2D eigenvalue weighted by molar-refractivity contribution is 0.114. The van der Waals surface area contributed by atoms with Crippen molar-refractivity contribution in [1.82, 2.24) is 5.32 Å². The van der Waals surface area contributed by atoms with Crippen LogP contribution in [-0.4, -0.2) is 23.3 Å². The van der Waals surface area contributed by atoms with Gasteiger partial charge in [-0.25, -0.2) is 0 Å². The fourth-order valence-electron chi connectivity index (χ4n) is 2.80. The molecular formula is C16H25NO. The Balaban J connectivity index is 1.86. The van der Waals surface area contributed by atoms with Gasteiger partial charge in [0.1, 0.15) is 0 Å². The molecule has 1 saturated carbocycles. The third-order valence-corrected chi connectivity index (χ3v) is 4.27. The van der Waals surface area contributed by atoms with E-state index in [0.717, 1.165) is 25.7 Å². The minimum Gasteiger partial charge on any atom is -0.393 e. The monoisotopic (exact) mass is 247 g/mol.